The van der Waals surface area contributed by atoms with Crippen molar-refractivity contribution in [2.75, 3.05) is 0 Å². The van der Waals surface area contributed by atoms with E-state index in [0.717, 1.165) is 10.7 Å². The van der Waals surface area contributed by atoms with Gasteiger partial charge < -0.3 is 0 Å². The van der Waals surface area contributed by atoms with Crippen molar-refractivity contribution in [1.29, 1.82) is 0 Å². The number of fused-ring (bicyclic) bond motifs is 2. The summed E-state index contributed by atoms with van der Waals surface area (Å²) in [6, 6.07) is 0. The Bertz CT molecular complexity index is 127. The number of alkyl halides is 2. The van der Waals surface area contributed by atoms with Gasteiger partial charge in [-0.3, -0.25) is 0 Å². The van der Waals surface area contributed by atoms with Gasteiger partial charge in [0.15, 0.2) is 0 Å². The van der Waals surface area contributed by atoms with Crippen molar-refractivity contribution >= 4 is 31.9 Å². The molecular weight excluding hydrogens is 244 g/mol. The van der Waals surface area contributed by atoms with Gasteiger partial charge in [-0.25, -0.2) is 0 Å². The Kier molecular flexibility index (Phi) is 1.46. The fraction of sp³-hybridized carbons (Fsp3) is 1.00. The SMILES string of the molecule is BrC1CCC2CC1(Br)C2. The summed E-state index contributed by atoms with van der Waals surface area (Å²) in [5, 5.41) is 0. The molecule has 3 saturated carbocycles. The minimum atomic E-state index is 0.510. The van der Waals surface area contributed by atoms with Crippen molar-refractivity contribution in [2.45, 2.75) is 34.8 Å². The molecule has 0 nitrogen and oxygen atoms in total. The lowest BCUT2D eigenvalue weighted by atomic mass is 9.65. The van der Waals surface area contributed by atoms with Crippen LogP contribution in [0.15, 0.2) is 0 Å². The van der Waals surface area contributed by atoms with Crippen LogP contribution in [0.25, 0.3) is 0 Å². The molecule has 3 aliphatic carbocycles. The third-order valence-corrected chi connectivity index (χ3v) is 5.79. The predicted molar refractivity (Wildman–Crippen MR) is 46.3 cm³/mol. The van der Waals surface area contributed by atoms with Crippen molar-refractivity contribution in [3.05, 3.63) is 0 Å². The lowest BCUT2D eigenvalue weighted by molar-refractivity contribution is 0.163. The molecule has 2 heteroatoms. The van der Waals surface area contributed by atoms with Crippen LogP contribution in [0.2, 0.25) is 0 Å². The molecule has 0 spiro atoms. The van der Waals surface area contributed by atoms with E-state index in [1.54, 1.807) is 0 Å². The zero-order chi connectivity index (χ0) is 6.48. The van der Waals surface area contributed by atoms with Crippen molar-refractivity contribution in [3.8, 4) is 0 Å². The summed E-state index contributed by atoms with van der Waals surface area (Å²) >= 11 is 7.48. The van der Waals surface area contributed by atoms with Crippen molar-refractivity contribution < 1.29 is 0 Å². The minimum absolute atomic E-state index is 0.510. The number of halogens is 2. The van der Waals surface area contributed by atoms with Crippen LogP contribution in [-0.2, 0) is 0 Å². The van der Waals surface area contributed by atoms with Gasteiger partial charge >= 0.3 is 0 Å². The highest BCUT2D eigenvalue weighted by atomic mass is 79.9. The largest absolute Gasteiger partial charge is 0.0875 e. The minimum Gasteiger partial charge on any atom is -0.0875 e. The van der Waals surface area contributed by atoms with Crippen LogP contribution in [0.3, 0.4) is 0 Å². The molecule has 0 aromatic heterocycles. The van der Waals surface area contributed by atoms with Gasteiger partial charge in [-0.15, -0.1) is 0 Å². The molecule has 0 saturated heterocycles. The molecule has 9 heavy (non-hydrogen) atoms. The third-order valence-electron chi connectivity index (χ3n) is 2.65. The highest BCUT2D eigenvalue weighted by Crippen LogP contribution is 2.56. The molecule has 0 aromatic rings. The Morgan fingerprint density at radius 3 is 2.22 bits per heavy atom. The van der Waals surface area contributed by atoms with Gasteiger partial charge in [0.1, 0.15) is 0 Å². The maximum Gasteiger partial charge on any atom is 0.0388 e. The maximum absolute atomic E-state index is 3.78. The van der Waals surface area contributed by atoms with Crippen LogP contribution >= 0.6 is 31.9 Å². The zero-order valence-electron chi connectivity index (χ0n) is 5.24. The monoisotopic (exact) mass is 252 g/mol. The second-order valence-corrected chi connectivity index (χ2v) is 6.04. The lowest BCUT2D eigenvalue weighted by Gasteiger charge is -2.51. The number of hydrogen-bond acceptors (Lipinski definition) is 0. The highest BCUT2D eigenvalue weighted by Gasteiger charge is 2.50. The highest BCUT2D eigenvalue weighted by molar-refractivity contribution is 9.12. The van der Waals surface area contributed by atoms with Gasteiger partial charge in [0, 0.05) is 9.15 Å². The van der Waals surface area contributed by atoms with E-state index in [4.69, 9.17) is 0 Å². The third kappa shape index (κ3) is 0.900. The van der Waals surface area contributed by atoms with E-state index in [-0.39, 0.29) is 0 Å². The van der Waals surface area contributed by atoms with E-state index in [2.05, 4.69) is 31.9 Å². The Hall–Kier alpha value is 0.960. The first kappa shape index (κ1) is 6.66. The molecule has 0 aliphatic heterocycles. The van der Waals surface area contributed by atoms with Crippen LogP contribution in [0.1, 0.15) is 25.7 Å². The normalized spacial score (nSPS) is 56.7. The van der Waals surface area contributed by atoms with Crippen LogP contribution in [0.5, 0.6) is 0 Å². The first-order chi connectivity index (χ1) is 4.21. The molecule has 0 N–H and O–H groups in total. The summed E-state index contributed by atoms with van der Waals surface area (Å²) in [6.45, 7) is 0. The molecule has 1 atom stereocenters. The Balaban J connectivity index is 2.11. The van der Waals surface area contributed by atoms with E-state index in [9.17, 15) is 0 Å². The van der Waals surface area contributed by atoms with E-state index in [1.165, 1.54) is 25.7 Å². The van der Waals surface area contributed by atoms with Gasteiger partial charge in [0.25, 0.3) is 0 Å². The first-order valence-electron chi connectivity index (χ1n) is 3.54. The van der Waals surface area contributed by atoms with Gasteiger partial charge in [0.2, 0.25) is 0 Å². The maximum atomic E-state index is 3.78. The Labute approximate surface area is 72.7 Å². The summed E-state index contributed by atoms with van der Waals surface area (Å²) in [6.07, 6.45) is 5.63. The topological polar surface area (TPSA) is 0 Å². The summed E-state index contributed by atoms with van der Waals surface area (Å²) in [5.41, 5.74) is 0. The molecule has 2 bridgehead atoms. The van der Waals surface area contributed by atoms with E-state index < -0.39 is 0 Å². The number of hydrogen-bond donors (Lipinski definition) is 0. The van der Waals surface area contributed by atoms with E-state index >= 15 is 0 Å². The van der Waals surface area contributed by atoms with E-state index in [0.29, 0.717) is 4.32 Å². The van der Waals surface area contributed by atoms with Crippen molar-refractivity contribution in [1.82, 2.24) is 0 Å². The molecule has 3 rings (SSSR count). The number of rotatable bonds is 0. The molecule has 3 fully saturated rings. The Morgan fingerprint density at radius 2 is 1.89 bits per heavy atom. The smallest absolute Gasteiger partial charge is 0.0388 e. The zero-order valence-corrected chi connectivity index (χ0v) is 8.41. The van der Waals surface area contributed by atoms with Gasteiger partial charge in [-0.05, 0) is 31.6 Å². The standard InChI is InChI=1S/C7H10Br2/c8-6-2-1-5-3-7(6,9)4-5/h5-6H,1-4H2. The van der Waals surface area contributed by atoms with Crippen LogP contribution in [0, 0.1) is 5.92 Å². The predicted octanol–water partition coefficient (Wildman–Crippen LogP) is 3.09. The molecular formula is C7H10Br2. The molecule has 52 valence electrons. The fourth-order valence-corrected chi connectivity index (χ4v) is 3.78. The van der Waals surface area contributed by atoms with Gasteiger partial charge in [-0.2, -0.15) is 0 Å². The molecule has 0 heterocycles. The molecule has 0 radical (unpaired) electrons. The quantitative estimate of drug-likeness (QED) is 0.582. The van der Waals surface area contributed by atoms with Crippen molar-refractivity contribution in [2.24, 2.45) is 5.92 Å². The van der Waals surface area contributed by atoms with Crippen molar-refractivity contribution in [3.63, 3.8) is 0 Å². The van der Waals surface area contributed by atoms with Gasteiger partial charge in [-0.1, -0.05) is 31.9 Å². The summed E-state index contributed by atoms with van der Waals surface area (Å²) in [7, 11) is 0. The lowest BCUT2D eigenvalue weighted by Crippen LogP contribution is -2.49. The first-order valence-corrected chi connectivity index (χ1v) is 5.24. The van der Waals surface area contributed by atoms with E-state index in [1.807, 2.05) is 0 Å². The summed E-state index contributed by atoms with van der Waals surface area (Å²) in [5.74, 6) is 1.05. The molecule has 3 aliphatic rings. The van der Waals surface area contributed by atoms with Crippen LogP contribution < -0.4 is 0 Å². The molecule has 1 unspecified atom stereocenters. The Morgan fingerprint density at radius 1 is 1.22 bits per heavy atom. The fourth-order valence-electron chi connectivity index (χ4n) is 2.00. The average Bonchev–Trinajstić information content (AvgIpc) is 1.73. The molecule has 0 aromatic carbocycles. The molecule has 0 amide bonds. The second kappa shape index (κ2) is 1.97. The van der Waals surface area contributed by atoms with Crippen LogP contribution in [0.4, 0.5) is 0 Å². The summed E-state index contributed by atoms with van der Waals surface area (Å²) < 4.78 is 0.510. The second-order valence-electron chi connectivity index (χ2n) is 3.35. The average molecular weight is 254 g/mol. The van der Waals surface area contributed by atoms with Crippen LogP contribution in [-0.4, -0.2) is 9.15 Å². The summed E-state index contributed by atoms with van der Waals surface area (Å²) in [4.78, 5) is 0.745. The van der Waals surface area contributed by atoms with Gasteiger partial charge in [0.05, 0.1) is 0 Å².